The fraction of sp³-hybridized carbons (Fsp3) is 0.238. The zero-order chi connectivity index (χ0) is 18.6. The van der Waals surface area contributed by atoms with Crippen molar-refractivity contribution < 1.29 is 9.90 Å². The Morgan fingerprint density at radius 2 is 1.54 bits per heavy atom. The quantitative estimate of drug-likeness (QED) is 0.751. The second kappa shape index (κ2) is 8.85. The summed E-state index contributed by atoms with van der Waals surface area (Å²) in [7, 11) is 3.16. The van der Waals surface area contributed by atoms with Crippen molar-refractivity contribution in [1.82, 2.24) is 4.57 Å². The lowest BCUT2D eigenvalue weighted by atomic mass is 10.1. The van der Waals surface area contributed by atoms with Gasteiger partial charge in [-0.25, -0.2) is 0 Å². The average Bonchev–Trinajstić information content (AvgIpc) is 2.68. The molecule has 26 heavy (non-hydrogen) atoms. The van der Waals surface area contributed by atoms with E-state index in [1.807, 2.05) is 19.9 Å². The summed E-state index contributed by atoms with van der Waals surface area (Å²) in [4.78, 5) is 26.6. The minimum absolute atomic E-state index is 0. The highest BCUT2D eigenvalue weighted by Crippen LogP contribution is 2.27. The molecule has 5 heteroatoms. The highest BCUT2D eigenvalue weighted by Gasteiger charge is 2.24. The van der Waals surface area contributed by atoms with Crippen LogP contribution in [-0.4, -0.2) is 22.6 Å². The van der Waals surface area contributed by atoms with Crippen LogP contribution in [0.25, 0.3) is 10.9 Å². The van der Waals surface area contributed by atoms with Crippen molar-refractivity contribution in [2.45, 2.75) is 21.3 Å². The molecule has 1 aromatic heterocycles. The van der Waals surface area contributed by atoms with E-state index in [1.165, 1.54) is 9.47 Å². The molecule has 3 aromatic rings. The van der Waals surface area contributed by atoms with E-state index in [0.29, 0.717) is 16.6 Å². The summed E-state index contributed by atoms with van der Waals surface area (Å²) in [6.45, 7) is 4.00. The number of hydrogen-bond acceptors (Lipinski definition) is 3. The highest BCUT2D eigenvalue weighted by atomic mass is 16.3. The molecule has 0 radical (unpaired) electrons. The summed E-state index contributed by atoms with van der Waals surface area (Å²) < 4.78 is 1.38. The Hall–Kier alpha value is -3.08. The molecule has 0 fully saturated rings. The Morgan fingerprint density at radius 1 is 1.00 bits per heavy atom. The van der Waals surface area contributed by atoms with Crippen molar-refractivity contribution >= 4 is 22.5 Å². The summed E-state index contributed by atoms with van der Waals surface area (Å²) in [5, 5.41) is 10.9. The SMILES string of the molecule is C.CC.CN(C(=O)c1c(O)c2ccccc2n(C)c1=O)c1ccccc1. The number of aryl methyl sites for hydroxylation is 1. The number of para-hydroxylation sites is 2. The molecule has 0 saturated heterocycles. The highest BCUT2D eigenvalue weighted by molar-refractivity contribution is 6.10. The predicted molar refractivity (Wildman–Crippen MR) is 108 cm³/mol. The normalized spacial score (nSPS) is 9.69. The van der Waals surface area contributed by atoms with Crippen molar-refractivity contribution in [2.24, 2.45) is 7.05 Å². The number of carbonyl (C=O) groups excluding carboxylic acids is 1. The molecule has 0 saturated carbocycles. The number of aromatic hydroxyl groups is 1. The maximum Gasteiger partial charge on any atom is 0.267 e. The predicted octanol–water partition coefficient (Wildman–Crippen LogP) is 4.18. The minimum Gasteiger partial charge on any atom is -0.506 e. The van der Waals surface area contributed by atoms with E-state index in [9.17, 15) is 14.7 Å². The van der Waals surface area contributed by atoms with Gasteiger partial charge in [-0.15, -0.1) is 0 Å². The summed E-state index contributed by atoms with van der Waals surface area (Å²) in [6.07, 6.45) is 0. The second-order valence-corrected chi connectivity index (χ2v) is 5.30. The van der Waals surface area contributed by atoms with Crippen LogP contribution in [0.5, 0.6) is 5.75 Å². The first kappa shape index (κ1) is 21.0. The van der Waals surface area contributed by atoms with Crippen molar-refractivity contribution in [1.29, 1.82) is 0 Å². The fourth-order valence-electron chi connectivity index (χ4n) is 2.61. The van der Waals surface area contributed by atoms with Crippen LogP contribution in [0.2, 0.25) is 0 Å². The number of amides is 1. The number of pyridine rings is 1. The maximum atomic E-state index is 12.7. The molecule has 3 rings (SSSR count). The Morgan fingerprint density at radius 3 is 2.15 bits per heavy atom. The van der Waals surface area contributed by atoms with Crippen molar-refractivity contribution in [3.8, 4) is 5.75 Å². The Bertz CT molecular complexity index is 947. The van der Waals surface area contributed by atoms with Crippen LogP contribution in [0.15, 0.2) is 59.4 Å². The lowest BCUT2D eigenvalue weighted by Crippen LogP contribution is -2.34. The average molecular weight is 354 g/mol. The summed E-state index contributed by atoms with van der Waals surface area (Å²) in [5.41, 5.74) is 0.479. The van der Waals surface area contributed by atoms with E-state index in [4.69, 9.17) is 0 Å². The number of carbonyl (C=O) groups is 1. The van der Waals surface area contributed by atoms with Crippen molar-refractivity contribution in [3.63, 3.8) is 0 Å². The van der Waals surface area contributed by atoms with Crippen LogP contribution in [0.1, 0.15) is 31.6 Å². The van der Waals surface area contributed by atoms with Crippen LogP contribution in [0, 0.1) is 0 Å². The van der Waals surface area contributed by atoms with E-state index in [2.05, 4.69) is 0 Å². The van der Waals surface area contributed by atoms with Gasteiger partial charge >= 0.3 is 0 Å². The van der Waals surface area contributed by atoms with E-state index in [-0.39, 0.29) is 18.7 Å². The number of rotatable bonds is 2. The van der Waals surface area contributed by atoms with Crippen LogP contribution in [0.4, 0.5) is 5.69 Å². The molecule has 0 unspecified atom stereocenters. The Labute approximate surface area is 154 Å². The minimum atomic E-state index is -0.542. The first-order valence-corrected chi connectivity index (χ1v) is 8.16. The number of nitrogens with zero attached hydrogens (tertiary/aromatic N) is 2. The molecule has 0 aliphatic carbocycles. The molecule has 5 nitrogen and oxygen atoms in total. The van der Waals surface area contributed by atoms with E-state index in [1.54, 1.807) is 62.6 Å². The first-order chi connectivity index (χ1) is 12.0. The number of aromatic nitrogens is 1. The zero-order valence-electron chi connectivity index (χ0n) is 14.9. The van der Waals surface area contributed by atoms with Crippen LogP contribution in [0.3, 0.4) is 0 Å². The number of fused-ring (bicyclic) bond motifs is 1. The van der Waals surface area contributed by atoms with E-state index in [0.717, 1.165) is 0 Å². The zero-order valence-corrected chi connectivity index (χ0v) is 14.9. The topological polar surface area (TPSA) is 62.5 Å². The van der Waals surface area contributed by atoms with E-state index >= 15 is 0 Å². The van der Waals surface area contributed by atoms with Gasteiger partial charge in [-0.3, -0.25) is 9.59 Å². The Kier molecular flexibility index (Phi) is 7.14. The van der Waals surface area contributed by atoms with Gasteiger partial charge in [-0.05, 0) is 24.3 Å². The van der Waals surface area contributed by atoms with Gasteiger partial charge in [0.2, 0.25) is 0 Å². The van der Waals surface area contributed by atoms with Gasteiger partial charge in [-0.2, -0.15) is 0 Å². The van der Waals surface area contributed by atoms with Crippen molar-refractivity contribution in [2.75, 3.05) is 11.9 Å². The molecule has 138 valence electrons. The first-order valence-electron chi connectivity index (χ1n) is 8.16. The molecule has 1 heterocycles. The van der Waals surface area contributed by atoms with Crippen LogP contribution >= 0.6 is 0 Å². The van der Waals surface area contributed by atoms with E-state index < -0.39 is 11.5 Å². The molecule has 1 amide bonds. The Balaban J connectivity index is 0.00000109. The molecule has 0 aliphatic heterocycles. The molecule has 0 atom stereocenters. The largest absolute Gasteiger partial charge is 0.506 e. The number of hydrogen-bond donors (Lipinski definition) is 1. The molecule has 2 aromatic carbocycles. The summed E-state index contributed by atoms with van der Waals surface area (Å²) in [6, 6.07) is 15.9. The summed E-state index contributed by atoms with van der Waals surface area (Å²) in [5.74, 6) is -0.823. The molecular weight excluding hydrogens is 328 g/mol. The van der Waals surface area contributed by atoms with Crippen molar-refractivity contribution in [3.05, 3.63) is 70.5 Å². The third kappa shape index (κ3) is 3.61. The van der Waals surface area contributed by atoms with Gasteiger partial charge < -0.3 is 14.6 Å². The lowest BCUT2D eigenvalue weighted by molar-refractivity contribution is 0.0988. The molecule has 0 bridgehead atoms. The van der Waals surface area contributed by atoms with Gasteiger partial charge in [0.1, 0.15) is 11.3 Å². The third-order valence-electron chi connectivity index (χ3n) is 3.94. The molecular formula is C21H26N2O3. The van der Waals surface area contributed by atoms with Gasteiger partial charge in [-0.1, -0.05) is 51.6 Å². The third-order valence-corrected chi connectivity index (χ3v) is 3.94. The van der Waals surface area contributed by atoms with Crippen LogP contribution in [-0.2, 0) is 7.05 Å². The molecule has 0 spiro atoms. The molecule has 1 N–H and O–H groups in total. The maximum absolute atomic E-state index is 12.7. The lowest BCUT2D eigenvalue weighted by Gasteiger charge is -2.19. The fourth-order valence-corrected chi connectivity index (χ4v) is 2.61. The summed E-state index contributed by atoms with van der Waals surface area (Å²) >= 11 is 0. The van der Waals surface area contributed by atoms with Crippen LogP contribution < -0.4 is 10.5 Å². The molecule has 0 aliphatic rings. The number of benzene rings is 2. The smallest absolute Gasteiger partial charge is 0.267 e. The standard InChI is InChI=1S/C18H16N2O3.C2H6.CH4/c1-19(12-8-4-3-5-9-12)17(22)15-16(21)13-10-6-7-11-14(13)20(2)18(15)23;1-2;/h3-11,21H,1-2H3;1-2H3;1H4. The van der Waals surface area contributed by atoms with Gasteiger partial charge in [0.25, 0.3) is 11.5 Å². The van der Waals surface area contributed by atoms with Gasteiger partial charge in [0.15, 0.2) is 0 Å². The number of anilines is 1. The van der Waals surface area contributed by atoms with Gasteiger partial charge in [0.05, 0.1) is 5.52 Å². The monoisotopic (exact) mass is 354 g/mol. The second-order valence-electron chi connectivity index (χ2n) is 5.30. The van der Waals surface area contributed by atoms with Gasteiger partial charge in [0, 0.05) is 25.2 Å².